The summed E-state index contributed by atoms with van der Waals surface area (Å²) < 4.78 is 90.1. The maximum absolute atomic E-state index is 13.1. The molecule has 0 nitrogen and oxygen atoms in total. The fraction of sp³-hybridized carbons (Fsp3) is 0. The molecule has 7 heteroatoms. The molecule has 0 saturated heterocycles. The number of rotatable bonds is 0. The van der Waals surface area contributed by atoms with Gasteiger partial charge in [-0.2, -0.15) is 0 Å². The van der Waals surface area contributed by atoms with Gasteiger partial charge >= 0.3 is 0 Å². The number of hydrogen-bond acceptors (Lipinski definition) is 0. The van der Waals surface area contributed by atoms with Crippen LogP contribution in [0.2, 0.25) is 0 Å². The molecule has 2 aromatic rings. The lowest BCUT2D eigenvalue weighted by Gasteiger charge is -2.13. The fourth-order valence-electron chi connectivity index (χ4n) is 1.33. The summed E-state index contributed by atoms with van der Waals surface area (Å²) in [5, 5.41) is -2.86. The van der Waals surface area contributed by atoms with Gasteiger partial charge < -0.3 is 0 Å². The molecule has 0 unspecified atom stereocenters. The lowest BCUT2D eigenvalue weighted by molar-refractivity contribution is 0.410. The van der Waals surface area contributed by atoms with Crippen LogP contribution in [0.1, 0.15) is 0 Å². The largest absolute Gasteiger partial charge is 0.261 e. The summed E-state index contributed by atoms with van der Waals surface area (Å²) in [6, 6.07) is 1.27. The van der Waals surface area contributed by atoms with Crippen molar-refractivity contribution in [3.05, 3.63) is 46.8 Å². The molecule has 0 radical (unpaired) electrons. The highest BCUT2D eigenvalue weighted by atomic mass is 19.2. The van der Waals surface area contributed by atoms with E-state index < -0.39 is 51.5 Å². The summed E-state index contributed by atoms with van der Waals surface area (Å²) >= 11 is 0. The van der Waals surface area contributed by atoms with Crippen LogP contribution in [-0.4, -0.2) is 0 Å². The van der Waals surface area contributed by atoms with Gasteiger partial charge in [0.15, 0.2) is 11.6 Å². The monoisotopic (exact) mass is 253 g/mol. The third-order valence-corrected chi connectivity index (χ3v) is 2.11. The van der Waals surface area contributed by atoms with Gasteiger partial charge in [0.1, 0.15) is 11.6 Å². The molecule has 0 aliphatic rings. The molecule has 0 aromatic heterocycles. The quantitative estimate of drug-likeness (QED) is 0.291. The highest BCUT2D eigenvalue weighted by Gasteiger charge is 2.19. The Morgan fingerprint density at radius 1 is 0.529 bits per heavy atom. The second-order valence-electron chi connectivity index (χ2n) is 3.07. The fourth-order valence-corrected chi connectivity index (χ4v) is 1.33. The van der Waals surface area contributed by atoms with E-state index in [1.165, 1.54) is 6.07 Å². The summed E-state index contributed by atoms with van der Waals surface area (Å²) in [6.45, 7) is 0. The molecule has 0 amide bonds. The number of halogens is 7. The van der Waals surface area contributed by atoms with Crippen molar-refractivity contribution in [1.29, 1.82) is 0 Å². The summed E-state index contributed by atoms with van der Waals surface area (Å²) in [5.74, 6) is -15.0. The van der Waals surface area contributed by atoms with Crippen LogP contribution in [0.3, 0.4) is 0 Å². The summed E-state index contributed by atoms with van der Waals surface area (Å²) in [7, 11) is 0. The second kappa shape index (κ2) is 3.61. The first-order valence-corrected chi connectivity index (χ1v) is 4.07. The molecule has 90 valence electrons. The molecular formula is C10F7-. The minimum atomic E-state index is -2.31. The third-order valence-electron chi connectivity index (χ3n) is 2.11. The molecule has 0 bridgehead atoms. The normalized spacial score (nSPS) is 11.2. The molecule has 0 atom stereocenters. The van der Waals surface area contributed by atoms with E-state index in [0.29, 0.717) is 0 Å². The van der Waals surface area contributed by atoms with Crippen molar-refractivity contribution in [3.8, 4) is 0 Å². The third kappa shape index (κ3) is 1.45. The Labute approximate surface area is 89.3 Å². The van der Waals surface area contributed by atoms with Crippen molar-refractivity contribution >= 4 is 10.8 Å². The van der Waals surface area contributed by atoms with Crippen LogP contribution in [0.15, 0.2) is 0 Å². The molecule has 0 N–H and O–H groups in total. The van der Waals surface area contributed by atoms with Gasteiger partial charge in [-0.05, 0) is 5.39 Å². The van der Waals surface area contributed by atoms with E-state index in [2.05, 4.69) is 0 Å². The Morgan fingerprint density at radius 3 is 1.59 bits per heavy atom. The maximum atomic E-state index is 13.1. The lowest BCUT2D eigenvalue weighted by atomic mass is 10.1. The van der Waals surface area contributed by atoms with Gasteiger partial charge in [0.05, 0.1) is 17.5 Å². The zero-order chi connectivity index (χ0) is 12.9. The van der Waals surface area contributed by atoms with Gasteiger partial charge in [-0.25, -0.2) is 22.0 Å². The van der Waals surface area contributed by atoms with Gasteiger partial charge in [-0.3, -0.25) is 8.78 Å². The van der Waals surface area contributed by atoms with Crippen LogP contribution in [0.5, 0.6) is 0 Å². The Kier molecular flexibility index (Phi) is 2.48. The van der Waals surface area contributed by atoms with Crippen molar-refractivity contribution in [1.82, 2.24) is 0 Å². The van der Waals surface area contributed by atoms with E-state index in [1.54, 1.807) is 0 Å². The first kappa shape index (κ1) is 11.7. The van der Waals surface area contributed by atoms with Crippen molar-refractivity contribution in [3.63, 3.8) is 0 Å². The molecule has 0 saturated carbocycles. The Hall–Kier alpha value is -1.79. The Balaban J connectivity index is 3.12. The summed E-state index contributed by atoms with van der Waals surface area (Å²) in [5.41, 5.74) is 0. The molecule has 0 aliphatic heterocycles. The maximum Gasteiger partial charge on any atom is 0.179 e. The highest BCUT2D eigenvalue weighted by Crippen LogP contribution is 2.30. The van der Waals surface area contributed by atoms with Crippen molar-refractivity contribution in [2.45, 2.75) is 0 Å². The van der Waals surface area contributed by atoms with Crippen LogP contribution in [0.25, 0.3) is 10.8 Å². The zero-order valence-electron chi connectivity index (χ0n) is 7.65. The average molecular weight is 253 g/mol. The minimum Gasteiger partial charge on any atom is -0.261 e. The predicted molar refractivity (Wildman–Crippen MR) is 42.5 cm³/mol. The van der Waals surface area contributed by atoms with Crippen molar-refractivity contribution in [2.75, 3.05) is 0 Å². The van der Waals surface area contributed by atoms with Gasteiger partial charge in [0.25, 0.3) is 0 Å². The zero-order valence-corrected chi connectivity index (χ0v) is 7.65. The van der Waals surface area contributed by atoms with Crippen molar-refractivity contribution < 1.29 is 30.7 Å². The molecule has 0 spiro atoms. The van der Waals surface area contributed by atoms with E-state index in [9.17, 15) is 30.7 Å². The first-order chi connectivity index (χ1) is 7.86. The van der Waals surface area contributed by atoms with Crippen LogP contribution < -0.4 is 0 Å². The van der Waals surface area contributed by atoms with E-state index in [1.807, 2.05) is 0 Å². The highest BCUT2D eigenvalue weighted by molar-refractivity contribution is 5.84. The molecular weight excluding hydrogens is 253 g/mol. The number of fused-ring (bicyclic) bond motifs is 1. The SMILES string of the molecule is Fc1[c-]c2c(F)c(F)c(F)c(F)c2c(F)c1F. The molecule has 0 fully saturated rings. The number of benzene rings is 2. The molecule has 17 heavy (non-hydrogen) atoms. The number of hydrogen-bond donors (Lipinski definition) is 0. The second-order valence-corrected chi connectivity index (χ2v) is 3.07. The van der Waals surface area contributed by atoms with Gasteiger partial charge in [0, 0.05) is 0 Å². The molecule has 2 rings (SSSR count). The smallest absolute Gasteiger partial charge is 0.179 e. The minimum absolute atomic E-state index is 1.27. The van der Waals surface area contributed by atoms with E-state index in [0.717, 1.165) is 0 Å². The molecule has 0 aliphatic carbocycles. The predicted octanol–water partition coefficient (Wildman–Crippen LogP) is 3.61. The van der Waals surface area contributed by atoms with Crippen LogP contribution >= 0.6 is 0 Å². The van der Waals surface area contributed by atoms with Gasteiger partial charge in [-0.15, -0.1) is 0 Å². The van der Waals surface area contributed by atoms with E-state index in [-0.39, 0.29) is 0 Å². The Morgan fingerprint density at radius 2 is 1.00 bits per heavy atom. The topological polar surface area (TPSA) is 0 Å². The van der Waals surface area contributed by atoms with Crippen molar-refractivity contribution in [2.24, 2.45) is 0 Å². The van der Waals surface area contributed by atoms with Gasteiger partial charge in [-0.1, -0.05) is 11.5 Å². The summed E-state index contributed by atoms with van der Waals surface area (Å²) in [6.07, 6.45) is 0. The lowest BCUT2D eigenvalue weighted by Crippen LogP contribution is -2.03. The first-order valence-electron chi connectivity index (χ1n) is 4.07. The van der Waals surface area contributed by atoms with Crippen LogP contribution in [0, 0.1) is 46.8 Å². The van der Waals surface area contributed by atoms with E-state index in [4.69, 9.17) is 0 Å². The standard InChI is InChI=1S/C10F7/c11-3-1-2-4(7(14)6(3)13)8(15)10(17)9(16)5(2)12/q-1. The summed E-state index contributed by atoms with van der Waals surface area (Å²) in [4.78, 5) is 0. The Bertz CT molecular complexity index is 625. The molecule has 0 heterocycles. The average Bonchev–Trinajstić information content (AvgIpc) is 2.30. The van der Waals surface area contributed by atoms with Crippen LogP contribution in [-0.2, 0) is 0 Å². The van der Waals surface area contributed by atoms with Crippen LogP contribution in [0.4, 0.5) is 30.7 Å². The van der Waals surface area contributed by atoms with Gasteiger partial charge in [0.2, 0.25) is 0 Å². The molecule has 2 aromatic carbocycles. The van der Waals surface area contributed by atoms with E-state index >= 15 is 0 Å².